The average Bonchev–Trinajstić information content (AvgIpc) is 3.26. The van der Waals surface area contributed by atoms with Crippen molar-refractivity contribution in [3.63, 3.8) is 0 Å². The van der Waals surface area contributed by atoms with Crippen LogP contribution in [0, 0.1) is 6.92 Å². The summed E-state index contributed by atoms with van der Waals surface area (Å²) in [5.74, 6) is -0.830. The Balaban J connectivity index is 1.18. The molecule has 3 aromatic rings. The third kappa shape index (κ3) is 5.55. The van der Waals surface area contributed by atoms with Gasteiger partial charge in [0.2, 0.25) is 0 Å². The fourth-order valence-corrected chi connectivity index (χ4v) is 5.34. The van der Waals surface area contributed by atoms with Crippen molar-refractivity contribution in [2.75, 3.05) is 0 Å². The molecule has 41 heavy (non-hydrogen) atoms. The van der Waals surface area contributed by atoms with Crippen molar-refractivity contribution < 1.29 is 19.2 Å². The summed E-state index contributed by atoms with van der Waals surface area (Å²) >= 11 is 0. The normalized spacial score (nSPS) is 15.7. The quantitative estimate of drug-likeness (QED) is 0.346. The number of aryl methyl sites for hydroxylation is 1. The van der Waals surface area contributed by atoms with Gasteiger partial charge in [0.05, 0.1) is 13.1 Å². The molecule has 4 amide bonds. The Kier molecular flexibility index (Phi) is 7.59. The number of benzene rings is 3. The van der Waals surface area contributed by atoms with E-state index in [1.54, 1.807) is 27.7 Å². The van der Waals surface area contributed by atoms with E-state index in [0.29, 0.717) is 22.3 Å². The first-order valence-electron chi connectivity index (χ1n) is 13.8. The second kappa shape index (κ2) is 11.1. The molecule has 0 radical (unpaired) electrons. The monoisotopic (exact) mass is 546 g/mol. The van der Waals surface area contributed by atoms with Gasteiger partial charge in [0.1, 0.15) is 0 Å². The van der Waals surface area contributed by atoms with Gasteiger partial charge in [-0.2, -0.15) is 0 Å². The molecular formula is C35H34N2O4. The maximum absolute atomic E-state index is 12.4. The summed E-state index contributed by atoms with van der Waals surface area (Å²) in [6.45, 7) is 9.49. The van der Waals surface area contributed by atoms with Crippen molar-refractivity contribution in [1.82, 2.24) is 9.80 Å². The van der Waals surface area contributed by atoms with Gasteiger partial charge in [-0.3, -0.25) is 29.0 Å². The molecule has 0 atom stereocenters. The number of hydrogen-bond donors (Lipinski definition) is 0. The first-order valence-corrected chi connectivity index (χ1v) is 13.8. The minimum absolute atomic E-state index is 0.207. The highest BCUT2D eigenvalue weighted by atomic mass is 16.2. The van der Waals surface area contributed by atoms with Gasteiger partial charge in [-0.1, -0.05) is 66.7 Å². The number of amides is 4. The molecule has 2 aliphatic heterocycles. The van der Waals surface area contributed by atoms with Gasteiger partial charge >= 0.3 is 0 Å². The molecule has 0 aromatic heterocycles. The van der Waals surface area contributed by atoms with Crippen LogP contribution in [0.4, 0.5) is 0 Å². The van der Waals surface area contributed by atoms with E-state index in [0.717, 1.165) is 29.5 Å². The maximum Gasteiger partial charge on any atom is 0.257 e. The lowest BCUT2D eigenvalue weighted by molar-refractivity contribution is -0.139. The van der Waals surface area contributed by atoms with E-state index in [-0.39, 0.29) is 36.7 Å². The van der Waals surface area contributed by atoms with Gasteiger partial charge in [-0.15, -0.1) is 0 Å². The van der Waals surface area contributed by atoms with Crippen LogP contribution in [0.5, 0.6) is 0 Å². The van der Waals surface area contributed by atoms with Crippen molar-refractivity contribution in [3.05, 3.63) is 128 Å². The van der Waals surface area contributed by atoms with E-state index in [9.17, 15) is 19.2 Å². The van der Waals surface area contributed by atoms with Crippen LogP contribution in [0.15, 0.2) is 89.0 Å². The molecule has 0 fully saturated rings. The van der Waals surface area contributed by atoms with Gasteiger partial charge in [-0.05, 0) is 86.4 Å². The van der Waals surface area contributed by atoms with Crippen molar-refractivity contribution >= 4 is 23.6 Å². The SMILES string of the molecule is CC1=C(C)C(=O)N(Cc2ccc(Cc3ccc(Cc4ccc(CN5C(=O)C(C)=C(C)C5=O)cc4)c(C)c3)cc2)C1=O. The molecule has 2 heterocycles. The molecule has 6 heteroatoms. The molecule has 5 rings (SSSR count). The molecule has 0 N–H and O–H groups in total. The standard InChI is InChI=1S/C35H34N2O4/c1-21-16-30(17-26-6-10-28(11-7-26)19-36-32(38)22(2)23(3)33(36)39)14-15-31(21)18-27-8-12-29(13-9-27)20-37-34(40)24(4)25(5)35(37)41/h6-16H,17-20H2,1-5H3. The Hall–Kier alpha value is -4.58. The topological polar surface area (TPSA) is 74.8 Å². The summed E-state index contributed by atoms with van der Waals surface area (Å²) in [5, 5.41) is 0. The first-order chi connectivity index (χ1) is 19.5. The smallest absolute Gasteiger partial charge is 0.257 e. The minimum atomic E-state index is -0.208. The van der Waals surface area contributed by atoms with Gasteiger partial charge in [0.25, 0.3) is 23.6 Å². The molecule has 6 nitrogen and oxygen atoms in total. The summed E-state index contributed by atoms with van der Waals surface area (Å²) in [4.78, 5) is 52.0. The molecule has 0 bridgehead atoms. The fourth-order valence-electron chi connectivity index (χ4n) is 5.34. The Labute approximate surface area is 241 Å². The van der Waals surface area contributed by atoms with E-state index in [4.69, 9.17) is 0 Å². The van der Waals surface area contributed by atoms with Crippen LogP contribution < -0.4 is 0 Å². The second-order valence-corrected chi connectivity index (χ2v) is 11.1. The highest BCUT2D eigenvalue weighted by Crippen LogP contribution is 2.24. The molecule has 0 spiro atoms. The van der Waals surface area contributed by atoms with Gasteiger partial charge in [-0.25, -0.2) is 0 Å². The molecule has 2 aliphatic rings. The highest BCUT2D eigenvalue weighted by molar-refractivity contribution is 6.19. The Bertz CT molecular complexity index is 1590. The number of carbonyl (C=O) groups is 4. The van der Waals surface area contributed by atoms with E-state index in [2.05, 4.69) is 49.4 Å². The third-order valence-corrected chi connectivity index (χ3v) is 8.33. The van der Waals surface area contributed by atoms with Crippen LogP contribution in [0.2, 0.25) is 0 Å². The predicted octanol–water partition coefficient (Wildman–Crippen LogP) is 5.59. The number of rotatable bonds is 8. The predicted molar refractivity (Wildman–Crippen MR) is 158 cm³/mol. The molecule has 208 valence electrons. The summed E-state index contributed by atoms with van der Waals surface area (Å²) in [6, 6.07) is 22.7. The fraction of sp³-hybridized carbons (Fsp3) is 0.257. The number of imide groups is 2. The van der Waals surface area contributed by atoms with Crippen molar-refractivity contribution in [1.29, 1.82) is 0 Å². The van der Waals surface area contributed by atoms with Gasteiger partial charge in [0, 0.05) is 22.3 Å². The lowest BCUT2D eigenvalue weighted by Crippen LogP contribution is -2.30. The molecule has 0 unspecified atom stereocenters. The highest BCUT2D eigenvalue weighted by Gasteiger charge is 2.34. The Morgan fingerprint density at radius 1 is 0.439 bits per heavy atom. The van der Waals surface area contributed by atoms with E-state index >= 15 is 0 Å². The molecule has 0 saturated heterocycles. The molecule has 3 aromatic carbocycles. The molecular weight excluding hydrogens is 512 g/mol. The lowest BCUT2D eigenvalue weighted by Gasteiger charge is -2.15. The number of carbonyl (C=O) groups excluding carboxylic acids is 4. The lowest BCUT2D eigenvalue weighted by atomic mass is 9.95. The maximum atomic E-state index is 12.4. The minimum Gasteiger partial charge on any atom is -0.270 e. The van der Waals surface area contributed by atoms with Crippen LogP contribution in [-0.4, -0.2) is 33.4 Å². The van der Waals surface area contributed by atoms with Crippen LogP contribution in [0.3, 0.4) is 0 Å². The average molecular weight is 547 g/mol. The first kappa shape index (κ1) is 28.0. The Morgan fingerprint density at radius 3 is 1.17 bits per heavy atom. The third-order valence-electron chi connectivity index (χ3n) is 8.33. The zero-order valence-electron chi connectivity index (χ0n) is 24.2. The summed E-state index contributed by atoms with van der Waals surface area (Å²) in [6.07, 6.45) is 1.59. The van der Waals surface area contributed by atoms with Crippen molar-refractivity contribution in [2.24, 2.45) is 0 Å². The second-order valence-electron chi connectivity index (χ2n) is 11.1. The number of hydrogen-bond acceptors (Lipinski definition) is 4. The molecule has 0 saturated carbocycles. The van der Waals surface area contributed by atoms with Crippen LogP contribution >= 0.6 is 0 Å². The van der Waals surface area contributed by atoms with Crippen molar-refractivity contribution in [3.8, 4) is 0 Å². The van der Waals surface area contributed by atoms with E-state index < -0.39 is 0 Å². The van der Waals surface area contributed by atoms with Crippen molar-refractivity contribution in [2.45, 2.75) is 60.5 Å². The van der Waals surface area contributed by atoms with Gasteiger partial charge < -0.3 is 0 Å². The van der Waals surface area contributed by atoms with Crippen LogP contribution in [-0.2, 0) is 45.1 Å². The van der Waals surface area contributed by atoms with Crippen LogP contribution in [0.25, 0.3) is 0 Å². The van der Waals surface area contributed by atoms with Gasteiger partial charge in [0.15, 0.2) is 0 Å². The zero-order valence-corrected chi connectivity index (χ0v) is 24.2. The van der Waals surface area contributed by atoms with Crippen LogP contribution in [0.1, 0.15) is 66.6 Å². The summed E-state index contributed by atoms with van der Waals surface area (Å²) in [7, 11) is 0. The molecule has 0 aliphatic carbocycles. The van der Waals surface area contributed by atoms with E-state index in [1.165, 1.54) is 32.1 Å². The largest absolute Gasteiger partial charge is 0.270 e. The Morgan fingerprint density at radius 2 is 0.780 bits per heavy atom. The summed E-state index contributed by atoms with van der Waals surface area (Å²) < 4.78 is 0. The summed E-state index contributed by atoms with van der Waals surface area (Å²) in [5.41, 5.74) is 9.97. The van der Waals surface area contributed by atoms with E-state index in [1.807, 2.05) is 24.3 Å². The zero-order chi connectivity index (χ0) is 29.4. The number of nitrogens with zero attached hydrogens (tertiary/aromatic N) is 2.